The van der Waals surface area contributed by atoms with Gasteiger partial charge in [0.1, 0.15) is 17.1 Å². The lowest BCUT2D eigenvalue weighted by molar-refractivity contribution is -0.149. The van der Waals surface area contributed by atoms with Gasteiger partial charge in [0.15, 0.2) is 13.2 Å². The minimum Gasteiger partial charge on any atom is -0.494 e. The number of hydrogen-bond acceptors (Lipinski definition) is 8. The van der Waals surface area contributed by atoms with Crippen molar-refractivity contribution in [2.75, 3.05) is 31.3 Å². The van der Waals surface area contributed by atoms with Crippen LogP contribution < -0.4 is 20.0 Å². The fourth-order valence-electron chi connectivity index (χ4n) is 2.98. The summed E-state index contributed by atoms with van der Waals surface area (Å²) in [5.74, 6) is -0.254. The van der Waals surface area contributed by atoms with Gasteiger partial charge in [-0.3, -0.25) is 4.79 Å². The van der Waals surface area contributed by atoms with Crippen LogP contribution in [0.1, 0.15) is 13.3 Å². The summed E-state index contributed by atoms with van der Waals surface area (Å²) in [6.45, 7) is 1.60. The van der Waals surface area contributed by atoms with Crippen LogP contribution in [0.2, 0.25) is 0 Å². The number of rotatable bonds is 10. The van der Waals surface area contributed by atoms with Crippen LogP contribution in [-0.4, -0.2) is 38.2 Å². The fourth-order valence-corrected chi connectivity index (χ4v) is 2.98. The summed E-state index contributed by atoms with van der Waals surface area (Å²) >= 11 is 0. The van der Waals surface area contributed by atoms with Crippen molar-refractivity contribution in [2.45, 2.75) is 13.3 Å². The Hall–Kier alpha value is -4.32. The molecular weight excluding hydrogens is 428 g/mol. The van der Waals surface area contributed by atoms with Crippen molar-refractivity contribution in [1.82, 2.24) is 0 Å². The summed E-state index contributed by atoms with van der Waals surface area (Å²) in [6.07, 6.45) is 0.119. The molecule has 0 saturated carbocycles. The third-order valence-corrected chi connectivity index (χ3v) is 4.52. The molecule has 1 aromatic heterocycles. The summed E-state index contributed by atoms with van der Waals surface area (Å²) in [4.78, 5) is 37.4. The first-order valence-corrected chi connectivity index (χ1v) is 10.2. The highest BCUT2D eigenvalue weighted by atomic mass is 16.6. The van der Waals surface area contributed by atoms with Gasteiger partial charge in [0.2, 0.25) is 0 Å². The lowest BCUT2D eigenvalue weighted by atomic mass is 10.2. The number of carbonyl (C=O) groups is 2. The Kier molecular flexibility index (Phi) is 8.02. The maximum Gasteiger partial charge on any atom is 0.344 e. The highest BCUT2D eigenvalue weighted by molar-refractivity contribution is 5.95. The van der Waals surface area contributed by atoms with Crippen LogP contribution >= 0.6 is 0 Å². The zero-order valence-electron chi connectivity index (χ0n) is 18.0. The first-order chi connectivity index (χ1) is 16.0. The van der Waals surface area contributed by atoms with E-state index in [1.54, 1.807) is 42.5 Å². The van der Waals surface area contributed by atoms with Gasteiger partial charge in [-0.25, -0.2) is 9.59 Å². The molecule has 33 heavy (non-hydrogen) atoms. The Morgan fingerprint density at radius 2 is 1.73 bits per heavy atom. The monoisotopic (exact) mass is 450 g/mol. The third kappa shape index (κ3) is 6.58. The Morgan fingerprint density at radius 3 is 2.45 bits per heavy atom. The van der Waals surface area contributed by atoms with Crippen LogP contribution in [-0.2, 0) is 14.3 Å². The van der Waals surface area contributed by atoms with E-state index in [-0.39, 0.29) is 13.0 Å². The number of amides is 1. The molecule has 1 heterocycles. The molecule has 0 bridgehead atoms. The zero-order valence-corrected chi connectivity index (χ0v) is 18.0. The van der Waals surface area contributed by atoms with Gasteiger partial charge in [-0.05, 0) is 49.4 Å². The number of hydrogen-bond donors (Lipinski definition) is 0. The molecule has 170 valence electrons. The topological polar surface area (TPSA) is 119 Å². The van der Waals surface area contributed by atoms with Gasteiger partial charge >= 0.3 is 11.6 Å². The molecule has 0 spiro atoms. The van der Waals surface area contributed by atoms with E-state index in [2.05, 4.69) is 0 Å². The molecule has 0 aliphatic rings. The first kappa shape index (κ1) is 23.3. The Bertz CT molecular complexity index is 1210. The van der Waals surface area contributed by atoms with E-state index >= 15 is 0 Å². The summed E-state index contributed by atoms with van der Waals surface area (Å²) in [7, 11) is 0. The summed E-state index contributed by atoms with van der Waals surface area (Å²) in [5.41, 5.74) is 0.391. The molecule has 0 N–H and O–H groups in total. The molecule has 3 rings (SSSR count). The average molecular weight is 450 g/mol. The highest BCUT2D eigenvalue weighted by Crippen LogP contribution is 2.21. The van der Waals surface area contributed by atoms with Gasteiger partial charge in [-0.15, -0.1) is 0 Å². The Morgan fingerprint density at radius 1 is 1.00 bits per heavy atom. The fraction of sp³-hybridized carbons (Fsp3) is 0.250. The number of ether oxygens (including phenoxy) is 3. The van der Waals surface area contributed by atoms with Gasteiger partial charge in [0.05, 0.1) is 19.1 Å². The Balaban J connectivity index is 1.56. The van der Waals surface area contributed by atoms with E-state index in [4.69, 9.17) is 23.9 Å². The second-order valence-electron chi connectivity index (χ2n) is 6.78. The van der Waals surface area contributed by atoms with Crippen LogP contribution in [0.15, 0.2) is 63.8 Å². The van der Waals surface area contributed by atoms with Crippen molar-refractivity contribution in [2.24, 2.45) is 0 Å². The molecule has 0 radical (unpaired) electrons. The van der Waals surface area contributed by atoms with E-state index in [1.807, 2.05) is 13.0 Å². The second kappa shape index (κ2) is 11.3. The smallest absolute Gasteiger partial charge is 0.344 e. The van der Waals surface area contributed by atoms with E-state index in [0.29, 0.717) is 34.8 Å². The van der Waals surface area contributed by atoms with E-state index in [0.717, 1.165) is 0 Å². The predicted octanol–water partition coefficient (Wildman–Crippen LogP) is 3.06. The third-order valence-electron chi connectivity index (χ3n) is 4.52. The molecule has 0 aliphatic carbocycles. The molecule has 0 saturated heterocycles. The molecule has 1 amide bonds. The predicted molar refractivity (Wildman–Crippen MR) is 119 cm³/mol. The molecule has 3 aromatic rings. The number of fused-ring (bicyclic) bond motifs is 1. The normalized spacial score (nSPS) is 10.3. The molecule has 2 aromatic carbocycles. The lowest BCUT2D eigenvalue weighted by Gasteiger charge is -2.22. The van der Waals surface area contributed by atoms with Gasteiger partial charge < -0.3 is 23.5 Å². The van der Waals surface area contributed by atoms with Crippen molar-refractivity contribution >= 4 is 28.5 Å². The Labute approximate surface area is 189 Å². The minimum atomic E-state index is -0.745. The van der Waals surface area contributed by atoms with Gasteiger partial charge in [0.25, 0.3) is 5.91 Å². The first-order valence-electron chi connectivity index (χ1n) is 10.2. The molecule has 9 nitrogen and oxygen atoms in total. The van der Waals surface area contributed by atoms with Crippen LogP contribution in [0.5, 0.6) is 11.5 Å². The SMILES string of the molecule is CCOc1ccc(N(CCC#N)C(=O)COC(=O)COc2ccc3ccc(=O)oc3c2)cc1. The van der Waals surface area contributed by atoms with Crippen LogP contribution in [0.4, 0.5) is 5.69 Å². The molecule has 0 unspecified atom stereocenters. The molecular formula is C24H22N2O7. The number of benzene rings is 2. The molecule has 9 heteroatoms. The van der Waals surface area contributed by atoms with E-state index < -0.39 is 30.7 Å². The van der Waals surface area contributed by atoms with Crippen LogP contribution in [0.3, 0.4) is 0 Å². The number of nitriles is 1. The maximum atomic E-state index is 12.6. The standard InChI is InChI=1S/C24H22N2O7/c1-2-30-19-9-6-18(7-10-19)26(13-3-12-25)22(27)15-32-24(29)16-31-20-8-4-17-5-11-23(28)33-21(17)14-20/h4-11,14H,2-3,13,15-16H2,1H3. The molecule has 0 fully saturated rings. The van der Waals surface area contributed by atoms with Crippen molar-refractivity contribution in [3.63, 3.8) is 0 Å². The van der Waals surface area contributed by atoms with Gasteiger partial charge in [0, 0.05) is 29.8 Å². The summed E-state index contributed by atoms with van der Waals surface area (Å²) in [6, 6.07) is 16.6. The minimum absolute atomic E-state index is 0.119. The van der Waals surface area contributed by atoms with E-state index in [1.165, 1.54) is 17.0 Å². The zero-order chi connectivity index (χ0) is 23.6. The number of anilines is 1. The average Bonchev–Trinajstić information content (AvgIpc) is 2.82. The number of carbonyl (C=O) groups excluding carboxylic acids is 2. The van der Waals surface area contributed by atoms with Gasteiger partial charge in [-0.1, -0.05) is 0 Å². The molecule has 0 atom stereocenters. The van der Waals surface area contributed by atoms with Crippen LogP contribution in [0, 0.1) is 11.3 Å². The quantitative estimate of drug-likeness (QED) is 0.341. The second-order valence-corrected chi connectivity index (χ2v) is 6.78. The lowest BCUT2D eigenvalue weighted by Crippen LogP contribution is -2.36. The van der Waals surface area contributed by atoms with Crippen molar-refractivity contribution in [3.05, 3.63) is 65.0 Å². The highest BCUT2D eigenvalue weighted by Gasteiger charge is 2.18. The van der Waals surface area contributed by atoms with Crippen molar-refractivity contribution < 1.29 is 28.2 Å². The van der Waals surface area contributed by atoms with E-state index in [9.17, 15) is 14.4 Å². The largest absolute Gasteiger partial charge is 0.494 e. The van der Waals surface area contributed by atoms with Gasteiger partial charge in [-0.2, -0.15) is 5.26 Å². The number of esters is 1. The van der Waals surface area contributed by atoms with Crippen molar-refractivity contribution in [1.29, 1.82) is 5.26 Å². The maximum absolute atomic E-state index is 12.6. The number of nitrogens with zero attached hydrogens (tertiary/aromatic N) is 2. The summed E-state index contributed by atoms with van der Waals surface area (Å²) in [5, 5.41) is 9.61. The van der Waals surface area contributed by atoms with Crippen molar-refractivity contribution in [3.8, 4) is 17.6 Å². The van der Waals surface area contributed by atoms with Crippen LogP contribution in [0.25, 0.3) is 11.0 Å². The summed E-state index contributed by atoms with van der Waals surface area (Å²) < 4.78 is 20.9. The molecule has 0 aliphatic heterocycles.